The van der Waals surface area contributed by atoms with Crippen molar-refractivity contribution in [2.45, 2.75) is 44.9 Å². The van der Waals surface area contributed by atoms with E-state index in [9.17, 15) is 4.79 Å². The van der Waals surface area contributed by atoms with Crippen molar-refractivity contribution < 1.29 is 14.1 Å². The second kappa shape index (κ2) is 7.48. The fraction of sp³-hybridized carbons (Fsp3) is 0.550. The Hall–Kier alpha value is -2.37. The van der Waals surface area contributed by atoms with E-state index in [2.05, 4.69) is 10.1 Å². The van der Waals surface area contributed by atoms with Gasteiger partial charge in [0, 0.05) is 25.4 Å². The summed E-state index contributed by atoms with van der Waals surface area (Å²) in [5.74, 6) is 3.27. The van der Waals surface area contributed by atoms with E-state index in [0.29, 0.717) is 17.7 Å². The summed E-state index contributed by atoms with van der Waals surface area (Å²) in [6.07, 6.45) is 5.19. The molecule has 6 nitrogen and oxygen atoms in total. The molecule has 0 N–H and O–H groups in total. The summed E-state index contributed by atoms with van der Waals surface area (Å²) in [5.41, 5.74) is 1.04. The first-order chi connectivity index (χ1) is 12.7. The van der Waals surface area contributed by atoms with Gasteiger partial charge < -0.3 is 14.2 Å². The quantitative estimate of drug-likeness (QED) is 0.796. The van der Waals surface area contributed by atoms with Crippen LogP contribution < -0.4 is 4.74 Å². The number of ether oxygens (including phenoxy) is 1. The van der Waals surface area contributed by atoms with Crippen LogP contribution in [0.25, 0.3) is 0 Å². The predicted molar refractivity (Wildman–Crippen MR) is 96.0 cm³/mol. The summed E-state index contributed by atoms with van der Waals surface area (Å²) in [5, 5.41) is 4.08. The van der Waals surface area contributed by atoms with Crippen LogP contribution in [0.15, 0.2) is 28.8 Å². The average Bonchev–Trinajstić information content (AvgIpc) is 3.41. The number of piperidine rings is 1. The van der Waals surface area contributed by atoms with Crippen LogP contribution in [-0.2, 0) is 11.2 Å². The highest BCUT2D eigenvalue weighted by Crippen LogP contribution is 2.38. The summed E-state index contributed by atoms with van der Waals surface area (Å²) in [6.45, 7) is 3.60. The van der Waals surface area contributed by atoms with Gasteiger partial charge in [0.1, 0.15) is 5.75 Å². The lowest BCUT2D eigenvalue weighted by atomic mass is 9.95. The topological polar surface area (TPSA) is 68.5 Å². The van der Waals surface area contributed by atoms with Crippen LogP contribution in [-0.4, -0.2) is 40.6 Å². The maximum absolute atomic E-state index is 12.5. The standard InChI is InChI=1S/C20H25N3O3/c1-14-5-2-3-7-17(14)25-13-19(24)23-10-4-6-15(12-23)11-18-21-20(22-26-18)16-8-9-16/h2-3,5,7,15-16H,4,6,8-13H2,1H3. The highest BCUT2D eigenvalue weighted by atomic mass is 16.5. The number of nitrogens with zero attached hydrogens (tertiary/aromatic N) is 3. The average molecular weight is 355 g/mol. The number of carbonyl (C=O) groups excluding carboxylic acids is 1. The molecular formula is C20H25N3O3. The van der Waals surface area contributed by atoms with E-state index in [0.717, 1.165) is 49.5 Å². The van der Waals surface area contributed by atoms with Gasteiger partial charge in [-0.05, 0) is 50.2 Å². The van der Waals surface area contributed by atoms with E-state index in [1.807, 2.05) is 36.1 Å². The van der Waals surface area contributed by atoms with Crippen LogP contribution >= 0.6 is 0 Å². The molecule has 1 aliphatic carbocycles. The zero-order valence-electron chi connectivity index (χ0n) is 15.2. The Bertz CT molecular complexity index is 769. The lowest BCUT2D eigenvalue weighted by Crippen LogP contribution is -2.42. The maximum atomic E-state index is 12.5. The molecule has 1 amide bonds. The molecule has 1 unspecified atom stereocenters. The fourth-order valence-electron chi connectivity index (χ4n) is 3.51. The number of para-hydroxylation sites is 1. The lowest BCUT2D eigenvalue weighted by molar-refractivity contribution is -0.135. The molecule has 2 aliphatic rings. The van der Waals surface area contributed by atoms with Crippen LogP contribution in [0.2, 0.25) is 0 Å². The van der Waals surface area contributed by atoms with Crippen molar-refractivity contribution in [3.05, 3.63) is 41.5 Å². The Morgan fingerprint density at radius 1 is 1.31 bits per heavy atom. The normalized spacial score (nSPS) is 20.2. The second-order valence-electron chi connectivity index (χ2n) is 7.43. The van der Waals surface area contributed by atoms with Gasteiger partial charge in [-0.1, -0.05) is 23.4 Å². The van der Waals surface area contributed by atoms with Crippen molar-refractivity contribution in [2.24, 2.45) is 5.92 Å². The number of likely N-dealkylation sites (tertiary alicyclic amines) is 1. The zero-order chi connectivity index (χ0) is 17.9. The van der Waals surface area contributed by atoms with Gasteiger partial charge in [0.15, 0.2) is 12.4 Å². The van der Waals surface area contributed by atoms with Gasteiger partial charge >= 0.3 is 0 Å². The summed E-state index contributed by atoms with van der Waals surface area (Å²) < 4.78 is 11.1. The molecule has 4 rings (SSSR count). The van der Waals surface area contributed by atoms with Gasteiger partial charge in [-0.2, -0.15) is 4.98 Å². The fourth-order valence-corrected chi connectivity index (χ4v) is 3.51. The molecule has 0 spiro atoms. The first kappa shape index (κ1) is 17.1. The monoisotopic (exact) mass is 355 g/mol. The third kappa shape index (κ3) is 4.06. The molecule has 1 aliphatic heterocycles. The number of carbonyl (C=O) groups is 1. The van der Waals surface area contributed by atoms with Gasteiger partial charge in [0.2, 0.25) is 5.89 Å². The van der Waals surface area contributed by atoms with Crippen LogP contribution in [0.5, 0.6) is 5.75 Å². The minimum atomic E-state index is 0.0437. The van der Waals surface area contributed by atoms with Crippen molar-refractivity contribution in [2.75, 3.05) is 19.7 Å². The smallest absolute Gasteiger partial charge is 0.260 e. The molecule has 2 aromatic rings. The molecule has 1 saturated carbocycles. The zero-order valence-corrected chi connectivity index (χ0v) is 15.2. The Balaban J connectivity index is 1.29. The number of aryl methyl sites for hydroxylation is 1. The molecule has 1 atom stereocenters. The number of rotatable bonds is 6. The molecular weight excluding hydrogens is 330 g/mol. The number of hydrogen-bond acceptors (Lipinski definition) is 5. The van der Waals surface area contributed by atoms with Gasteiger partial charge in [-0.25, -0.2) is 0 Å². The first-order valence-corrected chi connectivity index (χ1v) is 9.47. The largest absolute Gasteiger partial charge is 0.484 e. The Labute approximate surface area is 153 Å². The predicted octanol–water partition coefficient (Wildman–Crippen LogP) is 3.12. The minimum absolute atomic E-state index is 0.0437. The summed E-state index contributed by atoms with van der Waals surface area (Å²) >= 11 is 0. The van der Waals surface area contributed by atoms with Crippen LogP contribution in [0.3, 0.4) is 0 Å². The van der Waals surface area contributed by atoms with E-state index in [4.69, 9.17) is 9.26 Å². The maximum Gasteiger partial charge on any atom is 0.260 e. The molecule has 0 bridgehead atoms. The van der Waals surface area contributed by atoms with Gasteiger partial charge in [-0.15, -0.1) is 0 Å². The van der Waals surface area contributed by atoms with E-state index >= 15 is 0 Å². The minimum Gasteiger partial charge on any atom is -0.484 e. The van der Waals surface area contributed by atoms with Crippen molar-refractivity contribution in [3.63, 3.8) is 0 Å². The summed E-state index contributed by atoms with van der Waals surface area (Å²) in [4.78, 5) is 19.0. The molecule has 2 heterocycles. The molecule has 138 valence electrons. The van der Waals surface area contributed by atoms with Gasteiger partial charge in [-0.3, -0.25) is 4.79 Å². The van der Waals surface area contributed by atoms with Crippen LogP contribution in [0, 0.1) is 12.8 Å². The van der Waals surface area contributed by atoms with Crippen LogP contribution in [0.1, 0.15) is 48.9 Å². The first-order valence-electron chi connectivity index (χ1n) is 9.47. The van der Waals surface area contributed by atoms with Crippen molar-refractivity contribution in [1.29, 1.82) is 0 Å². The van der Waals surface area contributed by atoms with Crippen LogP contribution in [0.4, 0.5) is 0 Å². The van der Waals surface area contributed by atoms with E-state index in [1.165, 1.54) is 12.8 Å². The molecule has 6 heteroatoms. The molecule has 2 fully saturated rings. The number of aromatic nitrogens is 2. The highest BCUT2D eigenvalue weighted by molar-refractivity contribution is 5.77. The number of hydrogen-bond donors (Lipinski definition) is 0. The summed E-state index contributed by atoms with van der Waals surface area (Å²) in [7, 11) is 0. The second-order valence-corrected chi connectivity index (χ2v) is 7.43. The highest BCUT2D eigenvalue weighted by Gasteiger charge is 2.30. The molecule has 1 saturated heterocycles. The van der Waals surface area contributed by atoms with E-state index < -0.39 is 0 Å². The molecule has 1 aromatic carbocycles. The third-order valence-corrected chi connectivity index (χ3v) is 5.21. The Kier molecular flexibility index (Phi) is 4.91. The van der Waals surface area contributed by atoms with Crippen molar-refractivity contribution >= 4 is 5.91 Å². The van der Waals surface area contributed by atoms with Gasteiger partial charge in [0.05, 0.1) is 0 Å². The van der Waals surface area contributed by atoms with E-state index in [-0.39, 0.29) is 12.5 Å². The SMILES string of the molecule is Cc1ccccc1OCC(=O)N1CCCC(Cc2nc(C3CC3)no2)C1. The lowest BCUT2D eigenvalue weighted by Gasteiger charge is -2.32. The molecule has 1 aromatic heterocycles. The van der Waals surface area contributed by atoms with Gasteiger partial charge in [0.25, 0.3) is 5.91 Å². The third-order valence-electron chi connectivity index (χ3n) is 5.21. The Morgan fingerprint density at radius 2 is 2.15 bits per heavy atom. The summed E-state index contributed by atoms with van der Waals surface area (Å²) in [6, 6.07) is 7.76. The number of benzene rings is 1. The molecule has 26 heavy (non-hydrogen) atoms. The van der Waals surface area contributed by atoms with Crippen molar-refractivity contribution in [3.8, 4) is 5.75 Å². The molecule has 0 radical (unpaired) electrons. The Morgan fingerprint density at radius 3 is 2.96 bits per heavy atom. The number of amides is 1. The van der Waals surface area contributed by atoms with Crippen molar-refractivity contribution in [1.82, 2.24) is 15.0 Å². The van der Waals surface area contributed by atoms with E-state index in [1.54, 1.807) is 0 Å².